The molecule has 0 aliphatic heterocycles. The van der Waals surface area contributed by atoms with Gasteiger partial charge in [-0.3, -0.25) is 9.36 Å². The minimum absolute atomic E-state index is 0.145. The van der Waals surface area contributed by atoms with Crippen molar-refractivity contribution >= 4 is 17.7 Å². The number of carbonyl (C=O) groups excluding carboxylic acids is 1. The van der Waals surface area contributed by atoms with Gasteiger partial charge in [0.15, 0.2) is 11.0 Å². The smallest absolute Gasteiger partial charge is 0.228 e. The Morgan fingerprint density at radius 2 is 1.73 bits per heavy atom. The van der Waals surface area contributed by atoms with E-state index in [1.807, 2.05) is 53.3 Å². The third-order valence-electron chi connectivity index (χ3n) is 5.28. The first-order chi connectivity index (χ1) is 16.0. The van der Waals surface area contributed by atoms with Crippen LogP contribution in [0.5, 0.6) is 5.75 Å². The molecule has 0 bridgehead atoms. The number of rotatable bonds is 8. The molecule has 0 unspecified atom stereocenters. The Morgan fingerprint density at radius 1 is 1.03 bits per heavy atom. The van der Waals surface area contributed by atoms with Crippen LogP contribution in [0.1, 0.15) is 22.9 Å². The largest absolute Gasteiger partial charge is 0.508 e. The van der Waals surface area contributed by atoms with E-state index in [1.165, 1.54) is 23.9 Å². The Kier molecular flexibility index (Phi) is 7.04. The first-order valence-corrected chi connectivity index (χ1v) is 11.6. The van der Waals surface area contributed by atoms with E-state index in [4.69, 9.17) is 0 Å². The average molecular weight is 463 g/mol. The van der Waals surface area contributed by atoms with Crippen molar-refractivity contribution in [2.75, 3.05) is 6.26 Å². The summed E-state index contributed by atoms with van der Waals surface area (Å²) < 4.78 is 15.2. The number of benzene rings is 3. The van der Waals surface area contributed by atoms with Gasteiger partial charge in [0.2, 0.25) is 5.91 Å². The number of thioether (sulfide) groups is 1. The van der Waals surface area contributed by atoms with Crippen molar-refractivity contribution in [1.82, 2.24) is 20.1 Å². The Morgan fingerprint density at radius 3 is 2.39 bits per heavy atom. The van der Waals surface area contributed by atoms with Gasteiger partial charge in [-0.1, -0.05) is 54.2 Å². The number of aromatic hydroxyl groups is 1. The van der Waals surface area contributed by atoms with E-state index in [-0.39, 0.29) is 24.0 Å². The second kappa shape index (κ2) is 10.3. The van der Waals surface area contributed by atoms with Crippen LogP contribution >= 0.6 is 11.8 Å². The Labute approximate surface area is 195 Å². The molecule has 1 aromatic heterocycles. The van der Waals surface area contributed by atoms with Crippen LogP contribution < -0.4 is 5.32 Å². The number of carbonyl (C=O) groups is 1. The second-order valence-corrected chi connectivity index (χ2v) is 8.24. The number of hydrogen-bond donors (Lipinski definition) is 2. The Balaban J connectivity index is 1.56. The minimum atomic E-state index is -0.419. The monoisotopic (exact) mass is 462 g/mol. The lowest BCUT2D eigenvalue weighted by Crippen LogP contribution is -2.31. The molecule has 0 spiro atoms. The van der Waals surface area contributed by atoms with E-state index in [9.17, 15) is 14.3 Å². The lowest BCUT2D eigenvalue weighted by molar-refractivity contribution is -0.122. The van der Waals surface area contributed by atoms with Gasteiger partial charge in [0.1, 0.15) is 11.6 Å². The van der Waals surface area contributed by atoms with E-state index in [2.05, 4.69) is 15.5 Å². The van der Waals surface area contributed by atoms with Crippen LogP contribution in [-0.2, 0) is 17.8 Å². The van der Waals surface area contributed by atoms with Gasteiger partial charge in [0, 0.05) is 5.69 Å². The molecule has 0 aliphatic carbocycles. The fourth-order valence-corrected chi connectivity index (χ4v) is 4.12. The zero-order valence-corrected chi connectivity index (χ0v) is 18.8. The predicted octanol–water partition coefficient (Wildman–Crippen LogP) is 4.48. The number of amides is 1. The van der Waals surface area contributed by atoms with Gasteiger partial charge in [0.05, 0.1) is 12.5 Å². The molecule has 8 heteroatoms. The molecule has 0 saturated carbocycles. The molecule has 1 heterocycles. The molecule has 1 amide bonds. The zero-order valence-electron chi connectivity index (χ0n) is 18.0. The maximum atomic E-state index is 13.4. The fourth-order valence-electron chi connectivity index (χ4n) is 3.60. The minimum Gasteiger partial charge on any atom is -0.508 e. The molecule has 0 saturated heterocycles. The van der Waals surface area contributed by atoms with Gasteiger partial charge in [-0.2, -0.15) is 0 Å². The number of aromatic nitrogens is 3. The van der Waals surface area contributed by atoms with Crippen LogP contribution in [-0.4, -0.2) is 32.0 Å². The van der Waals surface area contributed by atoms with Crippen molar-refractivity contribution in [3.8, 4) is 11.4 Å². The van der Waals surface area contributed by atoms with E-state index in [1.54, 1.807) is 24.3 Å². The summed E-state index contributed by atoms with van der Waals surface area (Å²) in [6.07, 6.45) is 2.37. The number of phenolic OH excluding ortho intramolecular Hbond substituents is 1. The zero-order chi connectivity index (χ0) is 23.2. The standard InChI is InChI=1S/C25H23FN4O2S/c1-33-25-29-28-23(30(25)20-11-9-19(26)10-12-20)16-27-24(32)22(18-5-3-2-4-6-18)15-17-7-13-21(31)14-8-17/h2-14,22,31H,15-16H2,1H3,(H,27,32)/t22-/m0/s1. The summed E-state index contributed by atoms with van der Waals surface area (Å²) in [5, 5.41) is 21.6. The molecule has 3 aromatic carbocycles. The van der Waals surface area contributed by atoms with Gasteiger partial charge in [-0.25, -0.2) is 4.39 Å². The van der Waals surface area contributed by atoms with Gasteiger partial charge in [0.25, 0.3) is 0 Å². The van der Waals surface area contributed by atoms with Crippen LogP contribution in [0.4, 0.5) is 4.39 Å². The molecule has 4 rings (SSSR count). The first kappa shape index (κ1) is 22.5. The summed E-state index contributed by atoms with van der Waals surface area (Å²) in [5.74, 6) is -0.154. The van der Waals surface area contributed by atoms with Crippen molar-refractivity contribution in [1.29, 1.82) is 0 Å². The Bertz CT molecular complexity index is 1210. The number of phenols is 1. The molecule has 4 aromatic rings. The van der Waals surface area contributed by atoms with Crippen molar-refractivity contribution in [2.45, 2.75) is 24.0 Å². The third kappa shape index (κ3) is 5.40. The van der Waals surface area contributed by atoms with E-state index >= 15 is 0 Å². The highest BCUT2D eigenvalue weighted by atomic mass is 32.2. The van der Waals surface area contributed by atoms with Crippen molar-refractivity contribution in [2.24, 2.45) is 0 Å². The lowest BCUT2D eigenvalue weighted by atomic mass is 9.91. The lowest BCUT2D eigenvalue weighted by Gasteiger charge is -2.18. The highest BCUT2D eigenvalue weighted by Crippen LogP contribution is 2.24. The molecule has 0 fully saturated rings. The molecule has 6 nitrogen and oxygen atoms in total. The van der Waals surface area contributed by atoms with Crippen LogP contribution in [0, 0.1) is 5.82 Å². The molecule has 2 N–H and O–H groups in total. The van der Waals surface area contributed by atoms with Crippen molar-refractivity contribution < 1.29 is 14.3 Å². The molecule has 0 radical (unpaired) electrons. The van der Waals surface area contributed by atoms with Crippen LogP contribution in [0.3, 0.4) is 0 Å². The number of nitrogens with one attached hydrogen (secondary N) is 1. The molecule has 33 heavy (non-hydrogen) atoms. The summed E-state index contributed by atoms with van der Waals surface area (Å²) in [7, 11) is 0. The second-order valence-electron chi connectivity index (χ2n) is 7.47. The van der Waals surface area contributed by atoms with Gasteiger partial charge < -0.3 is 10.4 Å². The van der Waals surface area contributed by atoms with Crippen LogP contribution in [0.25, 0.3) is 5.69 Å². The van der Waals surface area contributed by atoms with Gasteiger partial charge >= 0.3 is 0 Å². The van der Waals surface area contributed by atoms with E-state index < -0.39 is 5.92 Å². The SMILES string of the molecule is CSc1nnc(CNC(=O)[C@@H](Cc2ccc(O)cc2)c2ccccc2)n1-c1ccc(F)cc1. The number of nitrogens with zero attached hydrogens (tertiary/aromatic N) is 3. The van der Waals surface area contributed by atoms with Crippen molar-refractivity contribution in [3.63, 3.8) is 0 Å². The maximum absolute atomic E-state index is 13.4. The highest BCUT2D eigenvalue weighted by Gasteiger charge is 2.22. The normalized spacial score (nSPS) is 11.8. The summed E-state index contributed by atoms with van der Waals surface area (Å²) >= 11 is 1.42. The quantitative estimate of drug-likeness (QED) is 0.378. The topological polar surface area (TPSA) is 80.0 Å². The molecule has 0 aliphatic rings. The molecule has 1 atom stereocenters. The van der Waals surface area contributed by atoms with Gasteiger partial charge in [-0.15, -0.1) is 10.2 Å². The van der Waals surface area contributed by atoms with Crippen LogP contribution in [0.15, 0.2) is 84.0 Å². The summed E-state index contributed by atoms with van der Waals surface area (Å²) in [6, 6.07) is 22.5. The highest BCUT2D eigenvalue weighted by molar-refractivity contribution is 7.98. The average Bonchev–Trinajstić information content (AvgIpc) is 3.26. The number of halogens is 1. The van der Waals surface area contributed by atoms with Crippen LogP contribution in [0.2, 0.25) is 0 Å². The number of hydrogen-bond acceptors (Lipinski definition) is 5. The van der Waals surface area contributed by atoms with E-state index in [0.29, 0.717) is 17.4 Å². The summed E-state index contributed by atoms with van der Waals surface area (Å²) in [4.78, 5) is 13.3. The Hall–Kier alpha value is -3.65. The molecular formula is C25H23FN4O2S. The summed E-state index contributed by atoms with van der Waals surface area (Å²) in [5.41, 5.74) is 2.56. The molecular weight excluding hydrogens is 439 g/mol. The molecule has 168 valence electrons. The predicted molar refractivity (Wildman–Crippen MR) is 126 cm³/mol. The fraction of sp³-hybridized carbons (Fsp3) is 0.160. The maximum Gasteiger partial charge on any atom is 0.228 e. The summed E-state index contributed by atoms with van der Waals surface area (Å²) in [6.45, 7) is 0.169. The third-order valence-corrected chi connectivity index (χ3v) is 5.91. The van der Waals surface area contributed by atoms with Gasteiger partial charge in [-0.05, 0) is 60.2 Å². The van der Waals surface area contributed by atoms with E-state index in [0.717, 1.165) is 16.8 Å². The van der Waals surface area contributed by atoms with Crippen molar-refractivity contribution in [3.05, 3.63) is 102 Å². The first-order valence-electron chi connectivity index (χ1n) is 10.4.